The van der Waals surface area contributed by atoms with Crippen molar-refractivity contribution in [2.75, 3.05) is 5.32 Å². The van der Waals surface area contributed by atoms with Crippen LogP contribution in [0.4, 0.5) is 5.69 Å². The van der Waals surface area contributed by atoms with E-state index in [2.05, 4.69) is 25.7 Å². The van der Waals surface area contributed by atoms with Crippen LogP contribution in [-0.2, 0) is 4.79 Å². The predicted molar refractivity (Wildman–Crippen MR) is 110 cm³/mol. The highest BCUT2D eigenvalue weighted by Crippen LogP contribution is 2.34. The minimum Gasteiger partial charge on any atom is -0.338 e. The molecule has 146 valence electrons. The number of hydrogen-bond donors (Lipinski definition) is 1. The molecule has 4 rings (SSSR count). The molecular formula is C20H18N6O2S. The van der Waals surface area contributed by atoms with Crippen LogP contribution >= 0.6 is 11.8 Å². The Balaban J connectivity index is 1.54. The van der Waals surface area contributed by atoms with Crippen LogP contribution in [0.5, 0.6) is 0 Å². The number of amides is 1. The van der Waals surface area contributed by atoms with Gasteiger partial charge in [-0.05, 0) is 25.1 Å². The van der Waals surface area contributed by atoms with Crippen molar-refractivity contribution < 1.29 is 9.32 Å². The molecule has 0 aliphatic rings. The summed E-state index contributed by atoms with van der Waals surface area (Å²) in [4.78, 5) is 15.8. The van der Waals surface area contributed by atoms with E-state index >= 15 is 0 Å². The Hall–Kier alpha value is -3.46. The molecule has 2 aromatic heterocycles. The van der Waals surface area contributed by atoms with Crippen LogP contribution in [0, 0.1) is 0 Å². The molecule has 2 heterocycles. The highest BCUT2D eigenvalue weighted by atomic mass is 32.2. The predicted octanol–water partition coefficient (Wildman–Crippen LogP) is 4.13. The number of carbonyl (C=O) groups excluding carboxylic acids is 1. The summed E-state index contributed by atoms with van der Waals surface area (Å²) in [5, 5.41) is 15.6. The van der Waals surface area contributed by atoms with E-state index in [0.717, 1.165) is 11.3 Å². The molecule has 8 nitrogen and oxygen atoms in total. The zero-order chi connectivity index (χ0) is 20.2. The number of nitrogens with zero attached hydrogens (tertiary/aromatic N) is 5. The second-order valence-electron chi connectivity index (χ2n) is 6.30. The molecule has 0 saturated carbocycles. The third kappa shape index (κ3) is 4.35. The fourth-order valence-corrected chi connectivity index (χ4v) is 3.61. The fraction of sp³-hybridized carbons (Fsp3) is 0.150. The molecule has 4 aromatic rings. The van der Waals surface area contributed by atoms with Gasteiger partial charge in [-0.15, -0.1) is 10.2 Å². The van der Waals surface area contributed by atoms with Crippen molar-refractivity contribution in [3.8, 4) is 17.1 Å². The van der Waals surface area contributed by atoms with Gasteiger partial charge in [0.1, 0.15) is 6.33 Å². The smallest absolute Gasteiger partial charge is 0.240 e. The number of aromatic nitrogens is 5. The van der Waals surface area contributed by atoms with E-state index in [4.69, 9.17) is 4.52 Å². The Morgan fingerprint density at radius 2 is 2.00 bits per heavy atom. The molecule has 0 spiro atoms. The molecule has 0 aliphatic carbocycles. The maximum Gasteiger partial charge on any atom is 0.240 e. The summed E-state index contributed by atoms with van der Waals surface area (Å²) in [7, 11) is 0. The van der Waals surface area contributed by atoms with Gasteiger partial charge >= 0.3 is 0 Å². The summed E-state index contributed by atoms with van der Waals surface area (Å²) in [6, 6.07) is 17.1. The van der Waals surface area contributed by atoms with E-state index in [1.807, 2.05) is 66.1 Å². The van der Waals surface area contributed by atoms with Crippen molar-refractivity contribution in [3.05, 3.63) is 66.8 Å². The zero-order valence-corrected chi connectivity index (χ0v) is 16.6. The van der Waals surface area contributed by atoms with E-state index in [9.17, 15) is 4.79 Å². The number of anilines is 1. The van der Waals surface area contributed by atoms with Crippen LogP contribution in [0.15, 0.2) is 70.6 Å². The zero-order valence-electron chi connectivity index (χ0n) is 15.8. The van der Waals surface area contributed by atoms with Gasteiger partial charge < -0.3 is 9.84 Å². The van der Waals surface area contributed by atoms with Gasteiger partial charge in [0.15, 0.2) is 5.16 Å². The Bertz CT molecular complexity index is 1120. The Morgan fingerprint density at radius 1 is 1.17 bits per heavy atom. The Labute approximate surface area is 171 Å². The van der Waals surface area contributed by atoms with Gasteiger partial charge in [0.05, 0.1) is 10.9 Å². The van der Waals surface area contributed by atoms with Crippen molar-refractivity contribution in [3.63, 3.8) is 0 Å². The van der Waals surface area contributed by atoms with Gasteiger partial charge in [-0.25, -0.2) is 0 Å². The Morgan fingerprint density at radius 3 is 2.79 bits per heavy atom. The van der Waals surface area contributed by atoms with Gasteiger partial charge in [-0.1, -0.05) is 53.3 Å². The summed E-state index contributed by atoms with van der Waals surface area (Å²) in [6.45, 7) is 3.45. The topological polar surface area (TPSA) is 98.7 Å². The average Bonchev–Trinajstić information content (AvgIpc) is 3.38. The molecule has 2 aromatic carbocycles. The monoisotopic (exact) mass is 406 g/mol. The summed E-state index contributed by atoms with van der Waals surface area (Å²) in [5.74, 6) is 0.938. The molecule has 1 N–H and O–H groups in total. The number of benzene rings is 2. The highest BCUT2D eigenvalue weighted by Gasteiger charge is 2.20. The summed E-state index contributed by atoms with van der Waals surface area (Å²) < 4.78 is 7.30. The lowest BCUT2D eigenvalue weighted by Gasteiger charge is -2.10. The number of nitrogens with one attached hydrogen (secondary N) is 1. The molecule has 1 atom stereocenters. The van der Waals surface area contributed by atoms with Crippen LogP contribution in [0.2, 0.25) is 0 Å². The standard InChI is InChI=1S/C20H18N6O2S/c1-13(19-23-18(25-28-19)15-7-4-3-5-8-15)29-20-24-21-12-26(20)17-10-6-9-16(11-17)22-14(2)27/h3-13H,1-2H3,(H,22,27). The third-order valence-corrected chi connectivity index (χ3v) is 5.11. The minimum absolute atomic E-state index is 0.124. The number of rotatable bonds is 6. The van der Waals surface area contributed by atoms with Crippen LogP contribution in [0.3, 0.4) is 0 Å². The van der Waals surface area contributed by atoms with E-state index < -0.39 is 0 Å². The Kier molecular flexibility index (Phi) is 5.39. The van der Waals surface area contributed by atoms with Crippen molar-refractivity contribution >= 4 is 23.4 Å². The molecule has 1 unspecified atom stereocenters. The quantitative estimate of drug-likeness (QED) is 0.481. The average molecular weight is 406 g/mol. The summed E-state index contributed by atoms with van der Waals surface area (Å²) in [6.07, 6.45) is 1.63. The maximum atomic E-state index is 11.3. The first-order chi connectivity index (χ1) is 14.1. The maximum absolute atomic E-state index is 11.3. The second kappa shape index (κ2) is 8.27. The third-order valence-electron chi connectivity index (χ3n) is 4.06. The van der Waals surface area contributed by atoms with Gasteiger partial charge in [0.25, 0.3) is 0 Å². The van der Waals surface area contributed by atoms with Crippen molar-refractivity contribution in [2.24, 2.45) is 0 Å². The van der Waals surface area contributed by atoms with Crippen molar-refractivity contribution in [1.82, 2.24) is 24.9 Å². The second-order valence-corrected chi connectivity index (χ2v) is 7.61. The van der Waals surface area contributed by atoms with Crippen molar-refractivity contribution in [1.29, 1.82) is 0 Å². The first-order valence-electron chi connectivity index (χ1n) is 8.94. The number of hydrogen-bond acceptors (Lipinski definition) is 7. The molecular weight excluding hydrogens is 388 g/mol. The molecule has 0 bridgehead atoms. The molecule has 0 saturated heterocycles. The largest absolute Gasteiger partial charge is 0.338 e. The summed E-state index contributed by atoms with van der Waals surface area (Å²) in [5.41, 5.74) is 2.45. The minimum atomic E-state index is -0.125. The van der Waals surface area contributed by atoms with E-state index in [0.29, 0.717) is 22.6 Å². The number of thioether (sulfide) groups is 1. The van der Waals surface area contributed by atoms with Gasteiger partial charge in [-0.2, -0.15) is 4.98 Å². The van der Waals surface area contributed by atoms with Gasteiger partial charge in [0, 0.05) is 18.2 Å². The van der Waals surface area contributed by atoms with Crippen LogP contribution in [0.1, 0.15) is 25.0 Å². The first-order valence-corrected chi connectivity index (χ1v) is 9.82. The normalized spacial score (nSPS) is 11.9. The highest BCUT2D eigenvalue weighted by molar-refractivity contribution is 7.99. The van der Waals surface area contributed by atoms with Gasteiger partial charge in [0.2, 0.25) is 17.6 Å². The first kappa shape index (κ1) is 18.9. The van der Waals surface area contributed by atoms with E-state index in [1.54, 1.807) is 6.33 Å². The summed E-state index contributed by atoms with van der Waals surface area (Å²) >= 11 is 1.46. The van der Waals surface area contributed by atoms with Gasteiger partial charge in [-0.3, -0.25) is 9.36 Å². The molecule has 29 heavy (non-hydrogen) atoms. The lowest BCUT2D eigenvalue weighted by Crippen LogP contribution is -2.06. The van der Waals surface area contributed by atoms with Crippen LogP contribution in [-0.4, -0.2) is 30.8 Å². The lowest BCUT2D eigenvalue weighted by molar-refractivity contribution is -0.114. The molecule has 1 amide bonds. The SMILES string of the molecule is CC(=O)Nc1cccc(-n2cnnc2SC(C)c2nc(-c3ccccc3)no2)c1. The number of carbonyl (C=O) groups is 1. The molecule has 0 fully saturated rings. The molecule has 9 heteroatoms. The van der Waals surface area contributed by atoms with E-state index in [1.165, 1.54) is 18.7 Å². The molecule has 0 aliphatic heterocycles. The fourth-order valence-electron chi connectivity index (χ4n) is 2.73. The van der Waals surface area contributed by atoms with Crippen LogP contribution in [0.25, 0.3) is 17.1 Å². The lowest BCUT2D eigenvalue weighted by atomic mass is 10.2. The van der Waals surface area contributed by atoms with Crippen LogP contribution < -0.4 is 5.32 Å². The molecule has 0 radical (unpaired) electrons. The van der Waals surface area contributed by atoms with Crippen molar-refractivity contribution in [2.45, 2.75) is 24.3 Å². The van der Waals surface area contributed by atoms with E-state index in [-0.39, 0.29) is 11.2 Å².